The summed E-state index contributed by atoms with van der Waals surface area (Å²) in [6.45, 7) is 1.93. The van der Waals surface area contributed by atoms with Gasteiger partial charge in [-0.05, 0) is 5.56 Å². The number of fused-ring (bicyclic) bond motifs is 1. The summed E-state index contributed by atoms with van der Waals surface area (Å²) in [6.07, 6.45) is -3.59. The monoisotopic (exact) mass is 417 g/mol. The number of aliphatic hydroxyl groups excluding tert-OH is 1. The summed E-state index contributed by atoms with van der Waals surface area (Å²) in [5, 5.41) is 13.7. The lowest BCUT2D eigenvalue weighted by Crippen LogP contribution is -2.66. The van der Waals surface area contributed by atoms with E-state index >= 15 is 0 Å². The zero-order chi connectivity index (χ0) is 20.2. The molecule has 0 aliphatic carbocycles. The molecule has 2 aliphatic heterocycles. The summed E-state index contributed by atoms with van der Waals surface area (Å²) in [5.41, 5.74) is 1.83. The molecule has 5 unspecified atom stereocenters. The Kier molecular flexibility index (Phi) is 7.54. The highest BCUT2D eigenvalue weighted by molar-refractivity contribution is 5.73. The molecule has 0 radical (unpaired) electrons. The summed E-state index contributed by atoms with van der Waals surface area (Å²) in [6, 6.07) is 18.4. The van der Waals surface area contributed by atoms with E-state index in [1.165, 1.54) is 6.92 Å². The zero-order valence-corrected chi connectivity index (χ0v) is 16.6. The molecule has 0 saturated carbocycles. The van der Waals surface area contributed by atoms with Crippen molar-refractivity contribution in [2.75, 3.05) is 6.61 Å². The van der Waals surface area contributed by atoms with Crippen molar-refractivity contribution < 1.29 is 34.3 Å². The Bertz CT molecular complexity index is 804. The van der Waals surface area contributed by atoms with Gasteiger partial charge in [-0.2, -0.15) is 0 Å². The van der Waals surface area contributed by atoms with E-state index < -0.39 is 36.9 Å². The van der Waals surface area contributed by atoms with Crippen molar-refractivity contribution in [2.45, 2.75) is 50.5 Å². The minimum atomic E-state index is -1.01. The molecule has 2 fully saturated rings. The Balaban J connectivity index is 0.00000256. The van der Waals surface area contributed by atoms with Gasteiger partial charge < -0.3 is 34.8 Å². The number of hydrogen-bond acceptors (Lipinski definition) is 6. The molecule has 1 amide bonds. The van der Waals surface area contributed by atoms with Gasteiger partial charge in [0.2, 0.25) is 5.91 Å². The van der Waals surface area contributed by atoms with E-state index in [1.54, 1.807) is 0 Å². The highest BCUT2D eigenvalue weighted by atomic mass is 16.7. The van der Waals surface area contributed by atoms with Crippen molar-refractivity contribution in [3.8, 4) is 0 Å². The summed E-state index contributed by atoms with van der Waals surface area (Å²) in [4.78, 5) is 11.7. The summed E-state index contributed by atoms with van der Waals surface area (Å²) in [5.74, 6) is -0.281. The molecular weight excluding hydrogens is 390 g/mol. The predicted molar refractivity (Wildman–Crippen MR) is 107 cm³/mol. The van der Waals surface area contributed by atoms with Gasteiger partial charge in [0.25, 0.3) is 0 Å². The molecule has 162 valence electrons. The van der Waals surface area contributed by atoms with Crippen LogP contribution in [0.5, 0.6) is 0 Å². The Morgan fingerprint density at radius 3 is 2.43 bits per heavy atom. The lowest BCUT2D eigenvalue weighted by atomic mass is 9.95. The number of ether oxygens (including phenoxy) is 4. The van der Waals surface area contributed by atoms with Crippen LogP contribution in [-0.2, 0) is 30.3 Å². The molecule has 2 aromatic rings. The zero-order valence-electron chi connectivity index (χ0n) is 16.6. The van der Waals surface area contributed by atoms with E-state index in [2.05, 4.69) is 5.32 Å². The largest absolute Gasteiger partial charge is 0.412 e. The number of hydrogen-bond donors (Lipinski definition) is 2. The second-order valence-corrected chi connectivity index (χ2v) is 7.23. The maximum absolute atomic E-state index is 11.7. The van der Waals surface area contributed by atoms with Crippen LogP contribution in [0.2, 0.25) is 0 Å². The van der Waals surface area contributed by atoms with Gasteiger partial charge in [0.1, 0.15) is 24.4 Å². The Hall–Kier alpha value is -2.33. The molecule has 30 heavy (non-hydrogen) atoms. The smallest absolute Gasteiger partial charge is 0.217 e. The Labute approximate surface area is 175 Å². The van der Waals surface area contributed by atoms with Gasteiger partial charge >= 0.3 is 0 Å². The van der Waals surface area contributed by atoms with Crippen LogP contribution < -0.4 is 5.32 Å². The number of benzene rings is 2. The number of rotatable bonds is 5. The SMILES string of the molecule is CC(=O)NC1C(OCc2ccccc2)OC2COC(c3ccccc3)O[C@@H]2C1O.O. The van der Waals surface area contributed by atoms with Crippen molar-refractivity contribution in [1.29, 1.82) is 0 Å². The van der Waals surface area contributed by atoms with Crippen molar-refractivity contribution in [3.63, 3.8) is 0 Å². The van der Waals surface area contributed by atoms with E-state index in [4.69, 9.17) is 18.9 Å². The molecule has 8 heteroatoms. The molecule has 0 bridgehead atoms. The van der Waals surface area contributed by atoms with Crippen LogP contribution in [0.25, 0.3) is 0 Å². The third-order valence-electron chi connectivity index (χ3n) is 5.06. The molecule has 2 aliphatic rings. The van der Waals surface area contributed by atoms with Crippen molar-refractivity contribution in [3.05, 3.63) is 71.8 Å². The fraction of sp³-hybridized carbons (Fsp3) is 0.409. The predicted octanol–water partition coefficient (Wildman–Crippen LogP) is 1.08. The fourth-order valence-corrected chi connectivity index (χ4v) is 3.65. The van der Waals surface area contributed by atoms with Gasteiger partial charge in [0.15, 0.2) is 12.6 Å². The normalized spacial score (nSPS) is 30.6. The highest BCUT2D eigenvalue weighted by Crippen LogP contribution is 2.34. The van der Waals surface area contributed by atoms with Crippen LogP contribution in [-0.4, -0.2) is 53.7 Å². The molecule has 2 saturated heterocycles. The lowest BCUT2D eigenvalue weighted by molar-refractivity contribution is -0.345. The molecule has 8 nitrogen and oxygen atoms in total. The molecule has 4 rings (SSSR count). The first-order chi connectivity index (χ1) is 14.1. The Morgan fingerprint density at radius 2 is 1.77 bits per heavy atom. The second kappa shape index (κ2) is 10.1. The van der Waals surface area contributed by atoms with E-state index in [0.29, 0.717) is 6.61 Å². The second-order valence-electron chi connectivity index (χ2n) is 7.23. The van der Waals surface area contributed by atoms with Gasteiger partial charge in [0.05, 0.1) is 13.2 Å². The number of carbonyl (C=O) groups excluding carboxylic acids is 1. The molecule has 0 aromatic heterocycles. The van der Waals surface area contributed by atoms with Crippen LogP contribution in [0.15, 0.2) is 60.7 Å². The molecule has 2 heterocycles. The van der Waals surface area contributed by atoms with Crippen molar-refractivity contribution in [2.24, 2.45) is 0 Å². The third kappa shape index (κ3) is 5.04. The van der Waals surface area contributed by atoms with Crippen LogP contribution in [0.1, 0.15) is 24.3 Å². The summed E-state index contributed by atoms with van der Waals surface area (Å²) < 4.78 is 23.8. The van der Waals surface area contributed by atoms with Crippen LogP contribution in [0, 0.1) is 0 Å². The summed E-state index contributed by atoms with van der Waals surface area (Å²) >= 11 is 0. The highest BCUT2D eigenvalue weighted by Gasteiger charge is 2.50. The van der Waals surface area contributed by atoms with Crippen LogP contribution in [0.4, 0.5) is 0 Å². The molecular formula is C22H27NO7. The average molecular weight is 417 g/mol. The van der Waals surface area contributed by atoms with Gasteiger partial charge in [-0.1, -0.05) is 60.7 Å². The van der Waals surface area contributed by atoms with Crippen molar-refractivity contribution >= 4 is 5.91 Å². The fourth-order valence-electron chi connectivity index (χ4n) is 3.65. The first-order valence-electron chi connectivity index (χ1n) is 9.70. The minimum Gasteiger partial charge on any atom is -0.412 e. The van der Waals surface area contributed by atoms with Gasteiger partial charge in [-0.3, -0.25) is 4.79 Å². The maximum atomic E-state index is 11.7. The molecule has 6 atom stereocenters. The topological polar surface area (TPSA) is 118 Å². The van der Waals surface area contributed by atoms with Gasteiger partial charge in [-0.25, -0.2) is 0 Å². The molecule has 0 spiro atoms. The standard InChI is InChI=1S/C22H25NO6.H2O/c1-14(24)23-18-19(25)20-17(13-27-21(29-20)16-10-6-3-7-11-16)28-22(18)26-12-15-8-4-2-5-9-15;/h2-11,17-22,25H,12-13H2,1H3,(H,23,24);1H2/t17?,18?,19?,20-,21?,22?;/m0./s1. The van der Waals surface area contributed by atoms with Gasteiger partial charge in [-0.15, -0.1) is 0 Å². The number of carbonyl (C=O) groups is 1. The first kappa shape index (κ1) is 22.4. The summed E-state index contributed by atoms with van der Waals surface area (Å²) in [7, 11) is 0. The first-order valence-corrected chi connectivity index (χ1v) is 9.70. The van der Waals surface area contributed by atoms with Crippen LogP contribution in [0.3, 0.4) is 0 Å². The molecule has 4 N–H and O–H groups in total. The average Bonchev–Trinajstić information content (AvgIpc) is 2.75. The van der Waals surface area contributed by atoms with E-state index in [1.807, 2.05) is 60.7 Å². The van der Waals surface area contributed by atoms with Gasteiger partial charge in [0, 0.05) is 12.5 Å². The Morgan fingerprint density at radius 1 is 1.10 bits per heavy atom. The number of amides is 1. The molecule has 2 aromatic carbocycles. The van der Waals surface area contributed by atoms with E-state index in [9.17, 15) is 9.90 Å². The number of nitrogens with one attached hydrogen (secondary N) is 1. The quantitative estimate of drug-likeness (QED) is 0.752. The van der Waals surface area contributed by atoms with E-state index in [0.717, 1.165) is 11.1 Å². The van der Waals surface area contributed by atoms with E-state index in [-0.39, 0.29) is 18.0 Å². The van der Waals surface area contributed by atoms with Crippen LogP contribution >= 0.6 is 0 Å². The minimum absolute atomic E-state index is 0. The maximum Gasteiger partial charge on any atom is 0.217 e. The van der Waals surface area contributed by atoms with Crippen molar-refractivity contribution in [1.82, 2.24) is 5.32 Å². The number of aliphatic hydroxyl groups is 1. The lowest BCUT2D eigenvalue weighted by Gasteiger charge is -2.47. The third-order valence-corrected chi connectivity index (χ3v) is 5.06.